The largest absolute Gasteiger partial charge is 0.361 e. The minimum absolute atomic E-state index is 0.0906. The topological polar surface area (TPSA) is 98.3 Å². The predicted molar refractivity (Wildman–Crippen MR) is 155 cm³/mol. The summed E-state index contributed by atoms with van der Waals surface area (Å²) in [5, 5.41) is 4.07. The molecule has 8 nitrogen and oxygen atoms in total. The molecule has 216 valence electrons. The molecule has 1 fully saturated rings. The van der Waals surface area contributed by atoms with Crippen LogP contribution in [0.25, 0.3) is 27.8 Å². The van der Waals surface area contributed by atoms with E-state index in [2.05, 4.69) is 5.16 Å². The molecule has 42 heavy (non-hydrogen) atoms. The predicted octanol–water partition coefficient (Wildman–Crippen LogP) is 6.38. The van der Waals surface area contributed by atoms with Crippen molar-refractivity contribution >= 4 is 32.5 Å². The first kappa shape index (κ1) is 27.8. The van der Waals surface area contributed by atoms with Crippen LogP contribution in [0.4, 0.5) is 14.5 Å². The molecule has 11 heteroatoms. The molecular formula is C31H28F2N4O4S. The second-order valence-corrected chi connectivity index (χ2v) is 12.9. The van der Waals surface area contributed by atoms with Crippen LogP contribution in [-0.2, 0) is 20.4 Å². The van der Waals surface area contributed by atoms with E-state index in [4.69, 9.17) is 9.51 Å². The Bertz CT molecular complexity index is 1930. The number of imidazole rings is 1. The van der Waals surface area contributed by atoms with Crippen LogP contribution in [0, 0.1) is 25.5 Å². The van der Waals surface area contributed by atoms with E-state index in [-0.39, 0.29) is 23.8 Å². The Hall–Kier alpha value is -4.38. The summed E-state index contributed by atoms with van der Waals surface area (Å²) in [6.45, 7) is 3.71. The Morgan fingerprint density at radius 1 is 0.976 bits per heavy atom. The van der Waals surface area contributed by atoms with Crippen molar-refractivity contribution in [3.8, 4) is 16.8 Å². The van der Waals surface area contributed by atoms with E-state index in [0.29, 0.717) is 35.5 Å². The lowest BCUT2D eigenvalue weighted by molar-refractivity contribution is -0.120. The number of hydrogen-bond acceptors (Lipinski definition) is 6. The van der Waals surface area contributed by atoms with Gasteiger partial charge in [0.15, 0.2) is 21.5 Å². The molecule has 1 aliphatic heterocycles. The zero-order chi connectivity index (χ0) is 29.8. The number of benzene rings is 3. The first-order valence-electron chi connectivity index (χ1n) is 13.5. The van der Waals surface area contributed by atoms with Gasteiger partial charge in [-0.05, 0) is 74.2 Å². The number of piperidine rings is 1. The number of nitrogens with zero attached hydrogens (tertiary/aromatic N) is 4. The van der Waals surface area contributed by atoms with Crippen LogP contribution in [0.15, 0.2) is 65.2 Å². The van der Waals surface area contributed by atoms with Crippen LogP contribution in [0.5, 0.6) is 0 Å². The highest BCUT2D eigenvalue weighted by atomic mass is 32.2. The Balaban J connectivity index is 1.55. The van der Waals surface area contributed by atoms with E-state index < -0.39 is 27.5 Å². The van der Waals surface area contributed by atoms with Gasteiger partial charge in [0.2, 0.25) is 5.91 Å². The number of rotatable bonds is 6. The van der Waals surface area contributed by atoms with E-state index in [9.17, 15) is 22.0 Å². The Morgan fingerprint density at radius 2 is 1.71 bits per heavy atom. The monoisotopic (exact) mass is 590 g/mol. The van der Waals surface area contributed by atoms with Crippen LogP contribution >= 0.6 is 0 Å². The van der Waals surface area contributed by atoms with Crippen LogP contribution in [-0.4, -0.2) is 35.3 Å². The summed E-state index contributed by atoms with van der Waals surface area (Å²) >= 11 is 0. The van der Waals surface area contributed by atoms with Crippen molar-refractivity contribution in [3.05, 3.63) is 95.1 Å². The molecule has 3 aromatic carbocycles. The highest BCUT2D eigenvalue weighted by Gasteiger charge is 2.35. The van der Waals surface area contributed by atoms with E-state index in [1.807, 2.05) is 48.7 Å². The fourth-order valence-corrected chi connectivity index (χ4v) is 6.56. The third-order valence-electron chi connectivity index (χ3n) is 7.55. The Morgan fingerprint density at radius 3 is 2.38 bits per heavy atom. The van der Waals surface area contributed by atoms with Crippen LogP contribution in [0.2, 0.25) is 0 Å². The maximum Gasteiger partial charge on any atom is 0.227 e. The summed E-state index contributed by atoms with van der Waals surface area (Å²) in [5.74, 6) is -1.11. The van der Waals surface area contributed by atoms with E-state index in [1.54, 1.807) is 12.1 Å². The third kappa shape index (κ3) is 5.09. The average Bonchev–Trinajstić information content (AvgIpc) is 3.48. The molecule has 1 saturated heterocycles. The van der Waals surface area contributed by atoms with Gasteiger partial charge in [-0.25, -0.2) is 22.2 Å². The van der Waals surface area contributed by atoms with Gasteiger partial charge in [0.25, 0.3) is 0 Å². The Kier molecular flexibility index (Phi) is 6.92. The summed E-state index contributed by atoms with van der Waals surface area (Å²) < 4.78 is 59.2. The molecule has 0 radical (unpaired) electrons. The van der Waals surface area contributed by atoms with E-state index >= 15 is 0 Å². The molecule has 1 amide bonds. The molecule has 1 aliphatic rings. The zero-order valence-electron chi connectivity index (χ0n) is 23.3. The van der Waals surface area contributed by atoms with Crippen molar-refractivity contribution in [2.45, 2.75) is 44.9 Å². The number of fused-ring (bicyclic) bond motifs is 1. The number of aromatic nitrogens is 3. The molecule has 0 aliphatic carbocycles. The van der Waals surface area contributed by atoms with Crippen molar-refractivity contribution in [1.82, 2.24) is 14.7 Å². The SMILES string of the molecule is Cc1noc(C)c1-c1ccc2c(c1)nc([C@@H]1CCCC(=O)N1c1ccc(F)c(F)c1)n2-c1ccc(CS(C)(=O)=O)cc1. The molecular weight excluding hydrogens is 562 g/mol. The highest BCUT2D eigenvalue weighted by Crippen LogP contribution is 2.39. The van der Waals surface area contributed by atoms with Crippen molar-refractivity contribution < 1.29 is 26.5 Å². The molecule has 1 atom stereocenters. The van der Waals surface area contributed by atoms with Crippen molar-refractivity contribution in [1.29, 1.82) is 0 Å². The second-order valence-electron chi connectivity index (χ2n) is 10.7. The van der Waals surface area contributed by atoms with Gasteiger partial charge in [-0.3, -0.25) is 9.36 Å². The minimum atomic E-state index is -3.22. The molecule has 2 aromatic heterocycles. The van der Waals surface area contributed by atoms with Crippen LogP contribution < -0.4 is 4.90 Å². The molecule has 0 N–H and O–H groups in total. The maximum atomic E-state index is 14.3. The molecule has 5 aromatic rings. The van der Waals surface area contributed by atoms with Crippen LogP contribution in [0.3, 0.4) is 0 Å². The number of amides is 1. The lowest BCUT2D eigenvalue weighted by Gasteiger charge is -2.35. The van der Waals surface area contributed by atoms with Gasteiger partial charge in [0.1, 0.15) is 11.6 Å². The Labute approximate surface area is 241 Å². The van der Waals surface area contributed by atoms with Gasteiger partial charge in [-0.15, -0.1) is 0 Å². The van der Waals surface area contributed by atoms with Crippen molar-refractivity contribution in [3.63, 3.8) is 0 Å². The molecule has 6 rings (SSSR count). The first-order chi connectivity index (χ1) is 20.0. The van der Waals surface area contributed by atoms with Gasteiger partial charge < -0.3 is 9.42 Å². The van der Waals surface area contributed by atoms with Crippen LogP contribution in [0.1, 0.15) is 48.1 Å². The van der Waals surface area contributed by atoms with Gasteiger partial charge >= 0.3 is 0 Å². The average molecular weight is 591 g/mol. The number of sulfone groups is 1. The smallest absolute Gasteiger partial charge is 0.227 e. The number of hydrogen-bond donors (Lipinski definition) is 0. The fourth-order valence-electron chi connectivity index (χ4n) is 5.76. The summed E-state index contributed by atoms with van der Waals surface area (Å²) in [6, 6.07) is 15.9. The molecule has 0 unspecified atom stereocenters. The number of anilines is 1. The summed E-state index contributed by atoms with van der Waals surface area (Å²) in [4.78, 5) is 19.8. The van der Waals surface area contributed by atoms with Crippen molar-refractivity contribution in [2.75, 3.05) is 11.2 Å². The molecule has 0 spiro atoms. The molecule has 0 saturated carbocycles. The standard InChI is InChI=1S/C31H28F2N4O4S/c1-18-30(19(2)41-35-18)21-9-14-27-26(15-21)34-31(37(27)22-10-7-20(8-11-22)17-42(3,39)40)28-5-4-6-29(38)36(28)23-12-13-24(32)25(33)16-23/h7-16,28H,4-6,17H2,1-3H3/t28-/m0/s1. The summed E-state index contributed by atoms with van der Waals surface area (Å²) in [7, 11) is -3.22. The molecule has 0 bridgehead atoms. The second kappa shape index (κ2) is 10.5. The van der Waals surface area contributed by atoms with E-state index in [0.717, 1.165) is 40.2 Å². The van der Waals surface area contributed by atoms with Gasteiger partial charge in [0.05, 0.1) is 28.5 Å². The zero-order valence-corrected chi connectivity index (χ0v) is 24.1. The summed E-state index contributed by atoms with van der Waals surface area (Å²) in [5.41, 5.74) is 5.52. The van der Waals surface area contributed by atoms with Gasteiger partial charge in [-0.1, -0.05) is 23.4 Å². The molecule has 3 heterocycles. The van der Waals surface area contributed by atoms with Gasteiger partial charge in [-0.2, -0.15) is 0 Å². The van der Waals surface area contributed by atoms with Gasteiger partial charge in [0, 0.05) is 35.7 Å². The van der Waals surface area contributed by atoms with E-state index in [1.165, 1.54) is 17.2 Å². The van der Waals surface area contributed by atoms with Crippen molar-refractivity contribution in [2.24, 2.45) is 0 Å². The first-order valence-corrected chi connectivity index (χ1v) is 15.6. The number of halogens is 2. The normalized spacial score (nSPS) is 16.0. The lowest BCUT2D eigenvalue weighted by atomic mass is 9.99. The lowest BCUT2D eigenvalue weighted by Crippen LogP contribution is -2.39. The fraction of sp³-hybridized carbons (Fsp3) is 0.258. The number of aryl methyl sites for hydroxylation is 2. The third-order valence-corrected chi connectivity index (χ3v) is 8.41. The number of carbonyl (C=O) groups is 1. The minimum Gasteiger partial charge on any atom is -0.361 e. The quantitative estimate of drug-likeness (QED) is 0.228. The highest BCUT2D eigenvalue weighted by molar-refractivity contribution is 7.89. The maximum absolute atomic E-state index is 14.3. The number of carbonyl (C=O) groups excluding carboxylic acids is 1. The summed E-state index contributed by atoms with van der Waals surface area (Å²) in [6.07, 6.45) is 2.61.